The zero-order valence-corrected chi connectivity index (χ0v) is 12.6. The highest BCUT2D eigenvalue weighted by Crippen LogP contribution is 2.25. The van der Waals surface area contributed by atoms with Crippen molar-refractivity contribution < 1.29 is 15.0 Å². The Morgan fingerprint density at radius 3 is 2.86 bits per heavy atom. The lowest BCUT2D eigenvalue weighted by Crippen LogP contribution is -2.19. The average Bonchev–Trinajstić information content (AvgIpc) is 2.50. The van der Waals surface area contributed by atoms with E-state index in [1.54, 1.807) is 6.07 Å². The first-order valence-corrected chi connectivity index (χ1v) is 7.76. The van der Waals surface area contributed by atoms with Crippen LogP contribution in [0, 0.1) is 5.92 Å². The first-order valence-electron chi connectivity index (χ1n) is 7.76. The number of aromatic carboxylic acids is 1. The van der Waals surface area contributed by atoms with Crippen molar-refractivity contribution in [3.63, 3.8) is 0 Å². The zero-order valence-electron chi connectivity index (χ0n) is 12.6. The Hall–Kier alpha value is -1.62. The summed E-state index contributed by atoms with van der Waals surface area (Å²) in [6.07, 6.45) is 5.74. The molecule has 3 N–H and O–H groups in total. The Morgan fingerprint density at radius 1 is 1.43 bits per heavy atom. The molecule has 0 aromatic carbocycles. The lowest BCUT2D eigenvalue weighted by Gasteiger charge is -2.20. The topological polar surface area (TPSA) is 82.5 Å². The molecule has 0 radical (unpaired) electrons. The van der Waals surface area contributed by atoms with Gasteiger partial charge in [0, 0.05) is 18.8 Å². The second-order valence-electron chi connectivity index (χ2n) is 5.67. The second-order valence-corrected chi connectivity index (χ2v) is 5.67. The molecule has 0 spiro atoms. The highest BCUT2D eigenvalue weighted by atomic mass is 16.4. The number of aliphatic hydroxyl groups is 1. The summed E-state index contributed by atoms with van der Waals surface area (Å²) >= 11 is 0. The van der Waals surface area contributed by atoms with E-state index in [9.17, 15) is 9.90 Å². The number of carboxylic acids is 1. The third kappa shape index (κ3) is 3.94. The van der Waals surface area contributed by atoms with Gasteiger partial charge in [-0.05, 0) is 49.7 Å². The number of rotatable bonds is 7. The molecular weight excluding hydrogens is 268 g/mol. The quantitative estimate of drug-likeness (QED) is 0.719. The van der Waals surface area contributed by atoms with Gasteiger partial charge in [0.15, 0.2) is 0 Å². The maximum Gasteiger partial charge on any atom is 0.339 e. The van der Waals surface area contributed by atoms with Crippen LogP contribution in [0.25, 0.3) is 0 Å². The second kappa shape index (κ2) is 7.41. The third-order valence-electron chi connectivity index (χ3n) is 4.20. The number of carboxylic acid groups (broad SMARTS) is 1. The molecule has 1 aromatic rings. The highest BCUT2D eigenvalue weighted by molar-refractivity contribution is 5.93. The molecular formula is C16H24N2O3. The number of carbonyl (C=O) groups is 1. The van der Waals surface area contributed by atoms with Gasteiger partial charge in [-0.3, -0.25) is 0 Å². The predicted octanol–water partition coefficient (Wildman–Crippen LogP) is 2.48. The lowest BCUT2D eigenvalue weighted by atomic mass is 9.94. The van der Waals surface area contributed by atoms with Crippen molar-refractivity contribution in [2.75, 3.05) is 18.5 Å². The number of nitrogens with zero attached hydrogens (tertiary/aromatic N) is 1. The summed E-state index contributed by atoms with van der Waals surface area (Å²) in [6.45, 7) is 2.87. The molecule has 1 aromatic heterocycles. The minimum atomic E-state index is -0.936. The van der Waals surface area contributed by atoms with E-state index in [1.807, 2.05) is 0 Å². The molecule has 5 nitrogen and oxygen atoms in total. The standard InChI is InChI=1S/C16H24N2O3/c1-2-11(7-8-19)10-17-15-13(16(20)21)9-12-5-3-4-6-14(12)18-15/h9,11,19H,2-8,10H2,1H3,(H,17,18)(H,20,21). The van der Waals surface area contributed by atoms with E-state index in [0.717, 1.165) is 49.8 Å². The van der Waals surface area contributed by atoms with Crippen LogP contribution in [-0.2, 0) is 12.8 Å². The van der Waals surface area contributed by atoms with Crippen molar-refractivity contribution >= 4 is 11.8 Å². The number of anilines is 1. The van der Waals surface area contributed by atoms with Crippen LogP contribution in [0.4, 0.5) is 5.82 Å². The summed E-state index contributed by atoms with van der Waals surface area (Å²) in [7, 11) is 0. The van der Waals surface area contributed by atoms with Crippen LogP contribution < -0.4 is 5.32 Å². The Morgan fingerprint density at radius 2 is 2.19 bits per heavy atom. The van der Waals surface area contributed by atoms with E-state index in [2.05, 4.69) is 17.2 Å². The Balaban J connectivity index is 2.18. The fraction of sp³-hybridized carbons (Fsp3) is 0.625. The lowest BCUT2D eigenvalue weighted by molar-refractivity contribution is 0.0697. The smallest absolute Gasteiger partial charge is 0.339 e. The van der Waals surface area contributed by atoms with Crippen molar-refractivity contribution in [1.29, 1.82) is 0 Å². The van der Waals surface area contributed by atoms with E-state index < -0.39 is 5.97 Å². The molecule has 116 valence electrons. The van der Waals surface area contributed by atoms with Gasteiger partial charge in [-0.25, -0.2) is 9.78 Å². The fourth-order valence-electron chi connectivity index (χ4n) is 2.81. The molecule has 1 aliphatic rings. The first kappa shape index (κ1) is 15.8. The minimum absolute atomic E-state index is 0.156. The number of aliphatic hydroxyl groups excluding tert-OH is 1. The Kier molecular flexibility index (Phi) is 5.56. The van der Waals surface area contributed by atoms with Gasteiger partial charge in [0.25, 0.3) is 0 Å². The van der Waals surface area contributed by atoms with Gasteiger partial charge in [-0.15, -0.1) is 0 Å². The van der Waals surface area contributed by atoms with Gasteiger partial charge in [0.2, 0.25) is 0 Å². The third-order valence-corrected chi connectivity index (χ3v) is 4.20. The van der Waals surface area contributed by atoms with E-state index in [0.29, 0.717) is 18.3 Å². The number of aromatic nitrogens is 1. The summed E-state index contributed by atoms with van der Waals surface area (Å²) in [4.78, 5) is 16.0. The summed E-state index contributed by atoms with van der Waals surface area (Å²) < 4.78 is 0. The van der Waals surface area contributed by atoms with Gasteiger partial charge < -0.3 is 15.5 Å². The van der Waals surface area contributed by atoms with E-state index in [-0.39, 0.29) is 12.2 Å². The Bertz CT molecular complexity index is 503. The zero-order chi connectivity index (χ0) is 15.2. The number of fused-ring (bicyclic) bond motifs is 1. The van der Waals surface area contributed by atoms with Crippen LogP contribution in [-0.4, -0.2) is 34.3 Å². The molecule has 0 amide bonds. The van der Waals surface area contributed by atoms with Crippen LogP contribution in [0.15, 0.2) is 6.07 Å². The summed E-state index contributed by atoms with van der Waals surface area (Å²) in [5.74, 6) is -0.136. The van der Waals surface area contributed by atoms with E-state index >= 15 is 0 Å². The molecule has 21 heavy (non-hydrogen) atoms. The van der Waals surface area contributed by atoms with Crippen molar-refractivity contribution in [1.82, 2.24) is 4.98 Å². The Labute approximate surface area is 125 Å². The van der Waals surface area contributed by atoms with Crippen molar-refractivity contribution in [3.8, 4) is 0 Å². The maximum absolute atomic E-state index is 11.4. The first-order chi connectivity index (χ1) is 10.2. The summed E-state index contributed by atoms with van der Waals surface area (Å²) in [5, 5.41) is 21.6. The molecule has 1 atom stereocenters. The average molecular weight is 292 g/mol. The van der Waals surface area contributed by atoms with Crippen LogP contribution in [0.5, 0.6) is 0 Å². The van der Waals surface area contributed by atoms with Gasteiger partial charge in [0.05, 0.1) is 0 Å². The minimum Gasteiger partial charge on any atom is -0.478 e. The molecule has 5 heteroatoms. The van der Waals surface area contributed by atoms with Crippen LogP contribution in [0.2, 0.25) is 0 Å². The SMILES string of the molecule is CCC(CCO)CNc1nc2c(cc1C(=O)O)CCCC2. The predicted molar refractivity (Wildman–Crippen MR) is 81.8 cm³/mol. The maximum atomic E-state index is 11.4. The number of aryl methyl sites for hydroxylation is 2. The molecule has 1 unspecified atom stereocenters. The van der Waals surface area contributed by atoms with Crippen LogP contribution in [0.3, 0.4) is 0 Å². The number of hydrogen-bond acceptors (Lipinski definition) is 4. The number of hydrogen-bond donors (Lipinski definition) is 3. The van der Waals surface area contributed by atoms with Crippen molar-refractivity contribution in [3.05, 3.63) is 22.9 Å². The summed E-state index contributed by atoms with van der Waals surface area (Å²) in [5.41, 5.74) is 2.37. The molecule has 0 saturated carbocycles. The van der Waals surface area contributed by atoms with Crippen LogP contribution >= 0.6 is 0 Å². The molecule has 1 heterocycles. The number of nitrogens with one attached hydrogen (secondary N) is 1. The molecule has 0 bridgehead atoms. The molecule has 0 fully saturated rings. The van der Waals surface area contributed by atoms with Gasteiger partial charge in [-0.2, -0.15) is 0 Å². The number of pyridine rings is 1. The van der Waals surface area contributed by atoms with Gasteiger partial charge in [-0.1, -0.05) is 13.3 Å². The van der Waals surface area contributed by atoms with Crippen LogP contribution in [0.1, 0.15) is 54.2 Å². The largest absolute Gasteiger partial charge is 0.478 e. The monoisotopic (exact) mass is 292 g/mol. The van der Waals surface area contributed by atoms with Crippen molar-refractivity contribution in [2.45, 2.75) is 45.4 Å². The van der Waals surface area contributed by atoms with Gasteiger partial charge in [0.1, 0.15) is 11.4 Å². The molecule has 1 aliphatic carbocycles. The molecule has 0 saturated heterocycles. The fourth-order valence-corrected chi connectivity index (χ4v) is 2.81. The highest BCUT2D eigenvalue weighted by Gasteiger charge is 2.19. The van der Waals surface area contributed by atoms with E-state index in [1.165, 1.54) is 0 Å². The summed E-state index contributed by atoms with van der Waals surface area (Å²) in [6, 6.07) is 1.78. The van der Waals surface area contributed by atoms with Gasteiger partial charge >= 0.3 is 5.97 Å². The molecule has 2 rings (SSSR count). The normalized spacial score (nSPS) is 15.3. The molecule has 0 aliphatic heterocycles. The van der Waals surface area contributed by atoms with E-state index in [4.69, 9.17) is 5.11 Å². The van der Waals surface area contributed by atoms with Crippen molar-refractivity contribution in [2.24, 2.45) is 5.92 Å².